The number of fused-ring (bicyclic) bond motifs is 3. The van der Waals surface area contributed by atoms with Crippen LogP contribution in [0.2, 0.25) is 0 Å². The first-order chi connectivity index (χ1) is 15.8. The minimum atomic E-state index is -2.98. The summed E-state index contributed by atoms with van der Waals surface area (Å²) in [7, 11) is 4.49. The van der Waals surface area contributed by atoms with Crippen molar-refractivity contribution in [3.8, 4) is 11.5 Å². The molecule has 0 saturated carbocycles. The third-order valence-corrected chi connectivity index (χ3v) is 5.17. The van der Waals surface area contributed by atoms with E-state index in [0.29, 0.717) is 27.8 Å². The Morgan fingerprint density at radius 2 is 1.94 bits per heavy atom. The van der Waals surface area contributed by atoms with Crippen LogP contribution in [0.1, 0.15) is 15.9 Å². The lowest BCUT2D eigenvalue weighted by Crippen LogP contribution is -2.29. The van der Waals surface area contributed by atoms with Crippen molar-refractivity contribution >= 4 is 33.5 Å². The highest BCUT2D eigenvalue weighted by Crippen LogP contribution is 2.31. The molecule has 2 heterocycles. The lowest BCUT2D eigenvalue weighted by molar-refractivity contribution is -0.102. The molecule has 0 aliphatic rings. The molecule has 0 spiro atoms. The van der Waals surface area contributed by atoms with Crippen molar-refractivity contribution in [3.05, 3.63) is 53.7 Å². The van der Waals surface area contributed by atoms with E-state index in [1.807, 2.05) is 0 Å². The molecule has 9 nitrogen and oxygen atoms in total. The van der Waals surface area contributed by atoms with Crippen LogP contribution in [0.15, 0.2) is 42.6 Å². The molecule has 0 aliphatic heterocycles. The van der Waals surface area contributed by atoms with Gasteiger partial charge in [0, 0.05) is 18.0 Å². The van der Waals surface area contributed by atoms with Crippen LogP contribution in [0.4, 0.5) is 14.6 Å². The normalized spacial score (nSPS) is 11.3. The quantitative estimate of drug-likeness (QED) is 0.424. The Morgan fingerprint density at radius 3 is 2.64 bits per heavy atom. The van der Waals surface area contributed by atoms with Gasteiger partial charge in [0.25, 0.3) is 5.91 Å². The van der Waals surface area contributed by atoms with Gasteiger partial charge in [-0.2, -0.15) is 13.9 Å². The summed E-state index contributed by atoms with van der Waals surface area (Å²) in [5.74, 6) is -0.0351. The Hall–Kier alpha value is -3.99. The van der Waals surface area contributed by atoms with Crippen LogP contribution in [-0.2, 0) is 18.4 Å². The second-order valence-electron chi connectivity index (χ2n) is 7.15. The molecule has 172 valence electrons. The maximum Gasteiger partial charge on any atom is 0.387 e. The van der Waals surface area contributed by atoms with Crippen molar-refractivity contribution in [2.75, 3.05) is 20.0 Å². The average Bonchev–Trinajstić information content (AvgIpc) is 3.20. The number of nitrogens with two attached hydrogens (primary N) is 1. The number of nitrogen functional groups attached to an aromatic ring is 1. The molecule has 33 heavy (non-hydrogen) atoms. The minimum absolute atomic E-state index is 0.0415. The molecule has 2 N–H and O–H groups in total. The predicted molar refractivity (Wildman–Crippen MR) is 117 cm³/mol. The number of ether oxygens (including phenoxy) is 2. The molecular weight excluding hydrogens is 436 g/mol. The van der Waals surface area contributed by atoms with E-state index < -0.39 is 12.5 Å². The summed E-state index contributed by atoms with van der Waals surface area (Å²) in [6, 6.07) is 9.45. The summed E-state index contributed by atoms with van der Waals surface area (Å²) in [4.78, 5) is 22.9. The molecule has 11 heteroatoms. The standard InChI is InChI=1S/C22H21F2N5O4/c1-28-19-14-9-13(5-6-16(14)27-20(25)15(19)10-26-28)21(30)29(32-3)11-12-4-7-17(33-22(23)24)18(8-12)31-2/h4-10,22H,11H2,1-3H3,(H2,25,27). The van der Waals surface area contributed by atoms with Gasteiger partial charge in [-0.05, 0) is 35.9 Å². The Kier molecular flexibility index (Phi) is 5.97. The van der Waals surface area contributed by atoms with Crippen molar-refractivity contribution < 1.29 is 27.9 Å². The number of aromatic nitrogens is 3. The van der Waals surface area contributed by atoms with Crippen molar-refractivity contribution in [1.82, 2.24) is 19.8 Å². The molecule has 0 unspecified atom stereocenters. The minimum Gasteiger partial charge on any atom is -0.493 e. The van der Waals surface area contributed by atoms with Gasteiger partial charge in [0.2, 0.25) is 0 Å². The number of carbonyl (C=O) groups excluding carboxylic acids is 1. The first-order valence-electron chi connectivity index (χ1n) is 9.81. The van der Waals surface area contributed by atoms with E-state index in [4.69, 9.17) is 15.3 Å². The zero-order valence-corrected chi connectivity index (χ0v) is 18.1. The topological polar surface area (TPSA) is 105 Å². The van der Waals surface area contributed by atoms with Gasteiger partial charge >= 0.3 is 6.61 Å². The zero-order chi connectivity index (χ0) is 23.7. The summed E-state index contributed by atoms with van der Waals surface area (Å²) in [6.45, 7) is -2.94. The number of hydrogen-bond acceptors (Lipinski definition) is 7. The van der Waals surface area contributed by atoms with E-state index in [9.17, 15) is 13.6 Å². The fraction of sp³-hybridized carbons (Fsp3) is 0.227. The van der Waals surface area contributed by atoms with Crippen LogP contribution in [0, 0.1) is 0 Å². The van der Waals surface area contributed by atoms with Crippen LogP contribution >= 0.6 is 0 Å². The summed E-state index contributed by atoms with van der Waals surface area (Å²) in [5, 5.41) is 6.79. The molecular formula is C22H21F2N5O4. The Morgan fingerprint density at radius 1 is 1.15 bits per heavy atom. The number of hydrogen-bond donors (Lipinski definition) is 1. The number of nitrogens with zero attached hydrogens (tertiary/aromatic N) is 4. The van der Waals surface area contributed by atoms with Crippen LogP contribution in [-0.4, -0.2) is 46.6 Å². The number of amides is 1. The highest BCUT2D eigenvalue weighted by Gasteiger charge is 2.20. The van der Waals surface area contributed by atoms with Gasteiger partial charge < -0.3 is 15.2 Å². The number of carbonyl (C=O) groups is 1. The van der Waals surface area contributed by atoms with Gasteiger partial charge in [-0.3, -0.25) is 14.3 Å². The summed E-state index contributed by atoms with van der Waals surface area (Å²) >= 11 is 0. The lowest BCUT2D eigenvalue weighted by Gasteiger charge is -2.21. The van der Waals surface area contributed by atoms with E-state index in [1.165, 1.54) is 26.4 Å². The summed E-state index contributed by atoms with van der Waals surface area (Å²) in [5.41, 5.74) is 8.37. The van der Waals surface area contributed by atoms with E-state index in [1.54, 1.807) is 42.2 Å². The Balaban J connectivity index is 1.65. The third kappa shape index (κ3) is 4.22. The van der Waals surface area contributed by atoms with Gasteiger partial charge in [-0.15, -0.1) is 0 Å². The van der Waals surface area contributed by atoms with Crippen molar-refractivity contribution in [1.29, 1.82) is 0 Å². The van der Waals surface area contributed by atoms with Crippen molar-refractivity contribution in [2.24, 2.45) is 7.05 Å². The van der Waals surface area contributed by atoms with Crippen LogP contribution in [0.5, 0.6) is 11.5 Å². The predicted octanol–water partition coefficient (Wildman–Crippen LogP) is 3.52. The second-order valence-corrected chi connectivity index (χ2v) is 7.15. The molecule has 0 fully saturated rings. The molecule has 0 bridgehead atoms. The van der Waals surface area contributed by atoms with Gasteiger partial charge in [-0.25, -0.2) is 10.0 Å². The second kappa shape index (κ2) is 8.87. The summed E-state index contributed by atoms with van der Waals surface area (Å²) in [6.07, 6.45) is 1.63. The lowest BCUT2D eigenvalue weighted by atomic mass is 10.1. The van der Waals surface area contributed by atoms with Crippen molar-refractivity contribution in [2.45, 2.75) is 13.2 Å². The van der Waals surface area contributed by atoms with Gasteiger partial charge in [0.05, 0.1) is 43.4 Å². The van der Waals surface area contributed by atoms with E-state index >= 15 is 0 Å². The highest BCUT2D eigenvalue weighted by atomic mass is 19.3. The van der Waals surface area contributed by atoms with Gasteiger partial charge in [0.15, 0.2) is 11.5 Å². The van der Waals surface area contributed by atoms with Crippen LogP contribution in [0.25, 0.3) is 21.8 Å². The zero-order valence-electron chi connectivity index (χ0n) is 18.1. The molecule has 0 saturated heterocycles. The SMILES string of the molecule is COc1cc(CN(OC)C(=O)c2ccc3nc(N)c4cnn(C)c4c3c2)ccc1OC(F)F. The van der Waals surface area contributed by atoms with Gasteiger partial charge in [-0.1, -0.05) is 6.07 Å². The highest BCUT2D eigenvalue weighted by molar-refractivity contribution is 6.10. The molecule has 0 radical (unpaired) electrons. The fourth-order valence-electron chi connectivity index (χ4n) is 3.62. The smallest absolute Gasteiger partial charge is 0.387 e. The number of benzene rings is 2. The first kappa shape index (κ1) is 22.2. The molecule has 0 atom stereocenters. The number of halogens is 2. The van der Waals surface area contributed by atoms with E-state index in [2.05, 4.69) is 14.8 Å². The molecule has 0 aliphatic carbocycles. The molecule has 2 aromatic carbocycles. The third-order valence-electron chi connectivity index (χ3n) is 5.17. The summed E-state index contributed by atoms with van der Waals surface area (Å²) < 4.78 is 36.4. The maximum atomic E-state index is 13.2. The Labute approximate surface area is 187 Å². The first-order valence-corrected chi connectivity index (χ1v) is 9.81. The number of hydroxylamine groups is 2. The van der Waals surface area contributed by atoms with E-state index in [-0.39, 0.29) is 18.0 Å². The Bertz CT molecular complexity index is 1340. The van der Waals surface area contributed by atoms with Crippen molar-refractivity contribution in [3.63, 3.8) is 0 Å². The number of pyridine rings is 1. The molecule has 1 amide bonds. The largest absolute Gasteiger partial charge is 0.493 e. The number of aryl methyl sites for hydroxylation is 1. The van der Waals surface area contributed by atoms with Crippen LogP contribution < -0.4 is 15.2 Å². The fourth-order valence-corrected chi connectivity index (χ4v) is 3.62. The number of rotatable bonds is 7. The average molecular weight is 457 g/mol. The monoisotopic (exact) mass is 457 g/mol. The number of anilines is 1. The van der Waals surface area contributed by atoms with Crippen LogP contribution in [0.3, 0.4) is 0 Å². The molecule has 4 rings (SSSR count). The van der Waals surface area contributed by atoms with Gasteiger partial charge in [0.1, 0.15) is 5.82 Å². The number of alkyl halides is 2. The van der Waals surface area contributed by atoms with E-state index in [0.717, 1.165) is 16.0 Å². The molecule has 4 aromatic rings. The number of methoxy groups -OCH3 is 1. The maximum absolute atomic E-state index is 13.2. The molecule has 2 aromatic heterocycles.